The Morgan fingerprint density at radius 3 is 2.55 bits per heavy atom. The summed E-state index contributed by atoms with van der Waals surface area (Å²) >= 11 is 0. The number of para-hydroxylation sites is 1. The van der Waals surface area contributed by atoms with Gasteiger partial charge in [0.25, 0.3) is 0 Å². The highest BCUT2D eigenvalue weighted by Gasteiger charge is 2.30. The molecule has 9 heteroatoms. The van der Waals surface area contributed by atoms with Gasteiger partial charge in [-0.25, -0.2) is 0 Å². The molecular weight excluding hydrogens is 415 g/mol. The van der Waals surface area contributed by atoms with Crippen molar-refractivity contribution in [3.8, 4) is 0 Å². The largest absolute Gasteiger partial charge is 0.378 e. The molecule has 2 fully saturated rings. The zero-order valence-corrected chi connectivity index (χ0v) is 18.2. The molecule has 3 aliphatic heterocycles. The summed E-state index contributed by atoms with van der Waals surface area (Å²) in [6.07, 6.45) is 2.06. The Hall–Kier alpha value is -1.38. The maximum absolute atomic E-state index is 12.9. The smallest absolute Gasteiger partial charge is 0.242 e. The zero-order chi connectivity index (χ0) is 18.6. The fraction of sp³-hybridized carbons (Fsp3) is 0.600. The van der Waals surface area contributed by atoms with Gasteiger partial charge in [-0.1, -0.05) is 18.2 Å². The van der Waals surface area contributed by atoms with Crippen molar-refractivity contribution < 1.29 is 14.3 Å². The molecule has 1 aromatic carbocycles. The van der Waals surface area contributed by atoms with Crippen LogP contribution in [0.3, 0.4) is 0 Å². The summed E-state index contributed by atoms with van der Waals surface area (Å²) in [5.74, 6) is 0.273. The number of amides is 2. The third-order valence-electron chi connectivity index (χ3n) is 5.67. The van der Waals surface area contributed by atoms with Crippen molar-refractivity contribution in [2.75, 3.05) is 63.9 Å². The molecule has 4 rings (SSSR count). The minimum atomic E-state index is -0.225. The van der Waals surface area contributed by atoms with Crippen molar-refractivity contribution in [2.24, 2.45) is 0 Å². The fourth-order valence-corrected chi connectivity index (χ4v) is 4.14. The molecule has 0 aromatic heterocycles. The van der Waals surface area contributed by atoms with Gasteiger partial charge in [0, 0.05) is 45.0 Å². The lowest BCUT2D eigenvalue weighted by Gasteiger charge is -2.38. The average molecular weight is 445 g/mol. The van der Waals surface area contributed by atoms with Crippen LogP contribution in [-0.4, -0.2) is 86.7 Å². The average Bonchev–Trinajstić information content (AvgIpc) is 2.74. The summed E-state index contributed by atoms with van der Waals surface area (Å²) in [4.78, 5) is 31.4. The van der Waals surface area contributed by atoms with Gasteiger partial charge in [0.2, 0.25) is 11.8 Å². The minimum absolute atomic E-state index is 0. The van der Waals surface area contributed by atoms with Crippen LogP contribution in [0.2, 0.25) is 0 Å². The Kier molecular flexibility index (Phi) is 9.17. The Morgan fingerprint density at radius 1 is 1.07 bits per heavy atom. The highest BCUT2D eigenvalue weighted by Crippen LogP contribution is 2.26. The maximum Gasteiger partial charge on any atom is 0.242 e. The van der Waals surface area contributed by atoms with Gasteiger partial charge in [-0.15, -0.1) is 24.8 Å². The molecule has 3 aliphatic rings. The first kappa shape index (κ1) is 23.9. The predicted octanol–water partition coefficient (Wildman–Crippen LogP) is 0.942. The van der Waals surface area contributed by atoms with E-state index in [4.69, 9.17) is 4.74 Å². The van der Waals surface area contributed by atoms with Crippen molar-refractivity contribution in [1.82, 2.24) is 15.1 Å². The van der Waals surface area contributed by atoms with Crippen LogP contribution in [0.15, 0.2) is 24.3 Å². The van der Waals surface area contributed by atoms with E-state index in [9.17, 15) is 9.59 Å². The molecule has 1 unspecified atom stereocenters. The van der Waals surface area contributed by atoms with Crippen LogP contribution >= 0.6 is 24.8 Å². The standard InChI is InChI=1S/C20H28N4O3.2ClH/c25-19(24-8-3-5-16-4-1-2-6-18(16)24)14-22-9-11-23(12-10-22)20(26)17-15-27-13-7-21-17;;/h1-2,4,6,17,21H,3,5,7-15H2;2*1H. The number of ether oxygens (including phenoxy) is 1. The summed E-state index contributed by atoms with van der Waals surface area (Å²) in [5, 5.41) is 3.22. The molecule has 7 nitrogen and oxygen atoms in total. The van der Waals surface area contributed by atoms with Crippen LogP contribution in [0.25, 0.3) is 0 Å². The number of carbonyl (C=O) groups excluding carboxylic acids is 2. The molecule has 0 radical (unpaired) electrons. The number of fused-ring (bicyclic) bond motifs is 1. The monoisotopic (exact) mass is 444 g/mol. The summed E-state index contributed by atoms with van der Waals surface area (Å²) in [7, 11) is 0. The van der Waals surface area contributed by atoms with E-state index in [1.165, 1.54) is 5.56 Å². The highest BCUT2D eigenvalue weighted by molar-refractivity contribution is 5.96. The number of nitrogens with zero attached hydrogens (tertiary/aromatic N) is 3. The Labute approximate surface area is 184 Å². The number of hydrogen-bond donors (Lipinski definition) is 1. The Bertz CT molecular complexity index is 692. The maximum atomic E-state index is 12.9. The van der Waals surface area contributed by atoms with Crippen LogP contribution in [0.5, 0.6) is 0 Å². The second-order valence-corrected chi connectivity index (χ2v) is 7.46. The van der Waals surface area contributed by atoms with Gasteiger partial charge in [-0.2, -0.15) is 0 Å². The zero-order valence-electron chi connectivity index (χ0n) is 16.5. The van der Waals surface area contributed by atoms with E-state index in [2.05, 4.69) is 16.3 Å². The molecule has 2 amide bonds. The molecular formula is C20H30Cl2N4O3. The SMILES string of the molecule is Cl.Cl.O=C(C1COCCN1)N1CCN(CC(=O)N2CCCc3ccccc32)CC1. The first-order valence-corrected chi connectivity index (χ1v) is 9.93. The molecule has 0 bridgehead atoms. The Balaban J connectivity index is 0.00000150. The van der Waals surface area contributed by atoms with Gasteiger partial charge in [0.15, 0.2) is 0 Å². The van der Waals surface area contributed by atoms with E-state index in [1.807, 2.05) is 28.0 Å². The van der Waals surface area contributed by atoms with Crippen LogP contribution in [0.4, 0.5) is 5.69 Å². The van der Waals surface area contributed by atoms with E-state index in [0.29, 0.717) is 32.8 Å². The van der Waals surface area contributed by atoms with E-state index in [-0.39, 0.29) is 42.7 Å². The second-order valence-electron chi connectivity index (χ2n) is 7.46. The fourth-order valence-electron chi connectivity index (χ4n) is 4.14. The number of anilines is 1. The molecule has 0 spiro atoms. The van der Waals surface area contributed by atoms with E-state index in [0.717, 1.165) is 44.7 Å². The van der Waals surface area contributed by atoms with Crippen LogP contribution in [0.1, 0.15) is 12.0 Å². The second kappa shape index (κ2) is 11.1. The lowest BCUT2D eigenvalue weighted by Crippen LogP contribution is -2.58. The third kappa shape index (κ3) is 5.61. The van der Waals surface area contributed by atoms with Gasteiger partial charge >= 0.3 is 0 Å². The molecule has 162 valence electrons. The van der Waals surface area contributed by atoms with E-state index < -0.39 is 0 Å². The molecule has 3 heterocycles. The topological polar surface area (TPSA) is 65.1 Å². The van der Waals surface area contributed by atoms with Crippen LogP contribution in [0, 0.1) is 0 Å². The summed E-state index contributed by atoms with van der Waals surface area (Å²) in [5.41, 5.74) is 2.32. The minimum Gasteiger partial charge on any atom is -0.378 e. The predicted molar refractivity (Wildman–Crippen MR) is 117 cm³/mol. The summed E-state index contributed by atoms with van der Waals surface area (Å²) in [6, 6.07) is 7.97. The van der Waals surface area contributed by atoms with Gasteiger partial charge < -0.3 is 19.9 Å². The molecule has 29 heavy (non-hydrogen) atoms. The van der Waals surface area contributed by atoms with Gasteiger partial charge in [0.05, 0.1) is 19.8 Å². The molecule has 0 aliphatic carbocycles. The number of benzene rings is 1. The van der Waals surface area contributed by atoms with Crippen molar-refractivity contribution in [3.63, 3.8) is 0 Å². The van der Waals surface area contributed by atoms with Crippen LogP contribution in [-0.2, 0) is 20.7 Å². The number of hydrogen-bond acceptors (Lipinski definition) is 5. The number of piperazine rings is 1. The lowest BCUT2D eigenvalue weighted by atomic mass is 10.0. The van der Waals surface area contributed by atoms with Gasteiger partial charge in [0.1, 0.15) is 6.04 Å². The van der Waals surface area contributed by atoms with Crippen molar-refractivity contribution in [3.05, 3.63) is 29.8 Å². The van der Waals surface area contributed by atoms with E-state index in [1.54, 1.807) is 0 Å². The summed E-state index contributed by atoms with van der Waals surface area (Å²) < 4.78 is 5.39. The van der Waals surface area contributed by atoms with Crippen molar-refractivity contribution in [1.29, 1.82) is 0 Å². The number of rotatable bonds is 3. The number of morpholine rings is 1. The quantitative estimate of drug-likeness (QED) is 0.751. The number of nitrogens with one attached hydrogen (secondary N) is 1. The van der Waals surface area contributed by atoms with Gasteiger partial charge in [-0.3, -0.25) is 14.5 Å². The van der Waals surface area contributed by atoms with Gasteiger partial charge in [-0.05, 0) is 24.5 Å². The number of aryl methyl sites for hydroxylation is 1. The number of halogens is 2. The Morgan fingerprint density at radius 2 is 1.83 bits per heavy atom. The molecule has 0 saturated carbocycles. The first-order chi connectivity index (χ1) is 13.2. The molecule has 1 atom stereocenters. The molecule has 1 N–H and O–H groups in total. The van der Waals surface area contributed by atoms with Crippen molar-refractivity contribution in [2.45, 2.75) is 18.9 Å². The molecule has 1 aromatic rings. The normalized spacial score (nSPS) is 22.1. The van der Waals surface area contributed by atoms with Crippen LogP contribution < -0.4 is 10.2 Å². The third-order valence-corrected chi connectivity index (χ3v) is 5.67. The van der Waals surface area contributed by atoms with E-state index >= 15 is 0 Å². The summed E-state index contributed by atoms with van der Waals surface area (Å²) in [6.45, 7) is 5.86. The first-order valence-electron chi connectivity index (χ1n) is 9.93. The highest BCUT2D eigenvalue weighted by atomic mass is 35.5. The van der Waals surface area contributed by atoms with Crippen molar-refractivity contribution >= 4 is 42.3 Å². The molecule has 2 saturated heterocycles. The number of carbonyl (C=O) groups is 2. The lowest BCUT2D eigenvalue weighted by molar-refractivity contribution is -0.138.